The van der Waals surface area contributed by atoms with Gasteiger partial charge in [-0.25, -0.2) is 5.57 Å². The third-order valence-electron chi connectivity index (χ3n) is 1.39. The van der Waals surface area contributed by atoms with Crippen molar-refractivity contribution in [1.82, 2.24) is 5.32 Å². The van der Waals surface area contributed by atoms with Crippen LogP contribution in [0.1, 0.15) is 20.8 Å². The van der Waals surface area contributed by atoms with Crippen molar-refractivity contribution in [1.29, 1.82) is 0 Å². The molecule has 2 heteroatoms. The molecule has 0 radical (unpaired) electrons. The molecule has 1 aliphatic rings. The van der Waals surface area contributed by atoms with Crippen molar-refractivity contribution in [3.8, 4) is 0 Å². The van der Waals surface area contributed by atoms with Crippen molar-refractivity contribution in [2.24, 2.45) is 0 Å². The number of rotatable bonds is 0. The fourth-order valence-electron chi connectivity index (χ4n) is 0.846. The summed E-state index contributed by atoms with van der Waals surface area (Å²) >= 11 is 0. The van der Waals surface area contributed by atoms with Gasteiger partial charge in [0.05, 0.1) is 0 Å². The molecular formula is C10H19KN-. The molecule has 0 saturated carbocycles. The first-order valence-corrected chi connectivity index (χ1v) is 3.82. The maximum atomic E-state index is 5.58. The van der Waals surface area contributed by atoms with Gasteiger partial charge in [-0.05, 0) is 13.1 Å². The van der Waals surface area contributed by atoms with Crippen LogP contribution >= 0.6 is 0 Å². The molecule has 0 spiro atoms. The molecular weight excluding hydrogens is 173 g/mol. The second-order valence-electron chi connectivity index (χ2n) is 1.94. The summed E-state index contributed by atoms with van der Waals surface area (Å²) in [6.45, 7) is 13.4. The fraction of sp³-hybridized carbons (Fsp3) is 0.500. The normalized spacial score (nSPS) is 17.2. The predicted octanol–water partition coefficient (Wildman–Crippen LogP) is -0.624. The van der Waals surface area contributed by atoms with Crippen LogP contribution in [-0.4, -0.2) is 13.1 Å². The number of allylic oxidation sites excluding steroid dienone is 1. The second-order valence-corrected chi connectivity index (χ2v) is 1.94. The van der Waals surface area contributed by atoms with Crippen LogP contribution in [-0.2, 0) is 0 Å². The molecule has 0 aliphatic carbocycles. The predicted molar refractivity (Wildman–Crippen MR) is 52.2 cm³/mol. The van der Waals surface area contributed by atoms with Gasteiger partial charge in [0, 0.05) is 0 Å². The van der Waals surface area contributed by atoms with Crippen LogP contribution in [0.3, 0.4) is 0 Å². The minimum Gasteiger partial charge on any atom is -0.358 e. The third-order valence-corrected chi connectivity index (χ3v) is 1.39. The molecule has 1 aliphatic heterocycles. The molecule has 0 aromatic rings. The molecule has 1 heterocycles. The van der Waals surface area contributed by atoms with Gasteiger partial charge >= 0.3 is 51.4 Å². The van der Waals surface area contributed by atoms with E-state index < -0.39 is 0 Å². The van der Waals surface area contributed by atoms with E-state index in [1.807, 2.05) is 20.8 Å². The first-order chi connectivity index (χ1) is 4.84. The van der Waals surface area contributed by atoms with Gasteiger partial charge < -0.3 is 12.7 Å². The Morgan fingerprint density at radius 1 is 1.33 bits per heavy atom. The zero-order valence-corrected chi connectivity index (χ0v) is 12.2. The molecule has 1 N–H and O–H groups in total. The summed E-state index contributed by atoms with van der Waals surface area (Å²) < 4.78 is 0. The van der Waals surface area contributed by atoms with Crippen molar-refractivity contribution in [3.63, 3.8) is 0 Å². The van der Waals surface area contributed by atoms with Crippen LogP contribution in [0, 0.1) is 14.0 Å². The van der Waals surface area contributed by atoms with Crippen LogP contribution in [0.2, 0.25) is 0 Å². The van der Waals surface area contributed by atoms with Gasteiger partial charge in [0.15, 0.2) is 0 Å². The summed E-state index contributed by atoms with van der Waals surface area (Å²) in [6.07, 6.45) is 2.05. The molecule has 1 nitrogen and oxygen atoms in total. The van der Waals surface area contributed by atoms with Gasteiger partial charge in [0.25, 0.3) is 0 Å². The zero-order valence-electron chi connectivity index (χ0n) is 9.07. The van der Waals surface area contributed by atoms with E-state index in [9.17, 15) is 0 Å². The van der Waals surface area contributed by atoms with Gasteiger partial charge in [0.1, 0.15) is 0 Å². The summed E-state index contributed by atoms with van der Waals surface area (Å²) in [5, 5.41) is 3.14. The Labute approximate surface area is 120 Å². The molecule has 0 amide bonds. The maximum absolute atomic E-state index is 5.58. The average molecular weight is 192 g/mol. The fourth-order valence-corrected chi connectivity index (χ4v) is 0.846. The Hall–Kier alpha value is 1.08. The van der Waals surface area contributed by atoms with Gasteiger partial charge in [-0.15, -0.1) is 0 Å². The Bertz CT molecular complexity index is 139. The second kappa shape index (κ2) is 12.1. The number of hydrogen-bond donors (Lipinski definition) is 1. The molecule has 1 fully saturated rings. The summed E-state index contributed by atoms with van der Waals surface area (Å²) in [6, 6.07) is 0. The SMILES string of the molecule is CC.[CH-]=C1CNC/C1=C/C.[CH3-].[K+]. The van der Waals surface area contributed by atoms with E-state index in [4.69, 9.17) is 6.58 Å². The average Bonchev–Trinajstić information content (AvgIpc) is 2.39. The summed E-state index contributed by atoms with van der Waals surface area (Å²) in [5.41, 5.74) is 2.25. The first-order valence-electron chi connectivity index (χ1n) is 3.82. The van der Waals surface area contributed by atoms with E-state index in [0.717, 1.165) is 18.7 Å². The van der Waals surface area contributed by atoms with Crippen molar-refractivity contribution in [3.05, 3.63) is 31.2 Å². The Kier molecular flexibility index (Phi) is 18.9. The molecule has 0 aromatic heterocycles. The topological polar surface area (TPSA) is 12.0 Å². The monoisotopic (exact) mass is 192 g/mol. The van der Waals surface area contributed by atoms with Gasteiger partial charge in [-0.3, -0.25) is 6.58 Å². The van der Waals surface area contributed by atoms with E-state index in [1.54, 1.807) is 0 Å². The smallest absolute Gasteiger partial charge is 0.358 e. The number of nitrogens with one attached hydrogen (secondary N) is 1. The van der Waals surface area contributed by atoms with Gasteiger partial charge in [-0.1, -0.05) is 20.8 Å². The largest absolute Gasteiger partial charge is 1.00 e. The van der Waals surface area contributed by atoms with Crippen molar-refractivity contribution in [2.45, 2.75) is 20.8 Å². The molecule has 0 unspecified atom stereocenters. The maximum Gasteiger partial charge on any atom is 1.00 e. The minimum absolute atomic E-state index is 0. The van der Waals surface area contributed by atoms with Crippen LogP contribution in [0.25, 0.3) is 0 Å². The van der Waals surface area contributed by atoms with E-state index >= 15 is 0 Å². The molecule has 0 aromatic carbocycles. The van der Waals surface area contributed by atoms with Crippen LogP contribution < -0.4 is 56.7 Å². The number of hydrogen-bond acceptors (Lipinski definition) is 1. The third kappa shape index (κ3) is 6.58. The van der Waals surface area contributed by atoms with Crippen molar-refractivity contribution < 1.29 is 51.4 Å². The van der Waals surface area contributed by atoms with E-state index in [0.29, 0.717) is 0 Å². The molecule has 0 bridgehead atoms. The van der Waals surface area contributed by atoms with Crippen molar-refractivity contribution in [2.75, 3.05) is 13.1 Å². The standard InChI is InChI=1S/C7H10N.C2H6.CH3.K/c1-3-7-5-8-4-6(7)2;1-2;;/h2-3,8H,4-5H2,1H3;1-2H3;1H3;/q-1;;-1;+1/b7-3-;;;. The Morgan fingerprint density at radius 3 is 2.00 bits per heavy atom. The Morgan fingerprint density at radius 2 is 1.83 bits per heavy atom. The summed E-state index contributed by atoms with van der Waals surface area (Å²) in [7, 11) is 0. The first kappa shape index (κ1) is 18.8. The minimum atomic E-state index is 0. The summed E-state index contributed by atoms with van der Waals surface area (Å²) in [5.74, 6) is 0. The Balaban J connectivity index is -0.000000189. The van der Waals surface area contributed by atoms with E-state index in [-0.39, 0.29) is 58.8 Å². The van der Waals surface area contributed by atoms with E-state index in [1.165, 1.54) is 5.57 Å². The quantitative estimate of drug-likeness (QED) is 0.398. The van der Waals surface area contributed by atoms with Crippen LogP contribution in [0.15, 0.2) is 17.2 Å². The van der Waals surface area contributed by atoms with Gasteiger partial charge in [0.2, 0.25) is 0 Å². The molecule has 0 atom stereocenters. The molecule has 1 saturated heterocycles. The molecule has 66 valence electrons. The molecule has 12 heavy (non-hydrogen) atoms. The van der Waals surface area contributed by atoms with Crippen LogP contribution in [0.5, 0.6) is 0 Å². The molecule has 1 rings (SSSR count). The zero-order chi connectivity index (χ0) is 7.98. The van der Waals surface area contributed by atoms with Crippen molar-refractivity contribution >= 4 is 0 Å². The van der Waals surface area contributed by atoms with Crippen LogP contribution in [0.4, 0.5) is 0 Å². The van der Waals surface area contributed by atoms with E-state index in [2.05, 4.69) is 11.4 Å². The van der Waals surface area contributed by atoms with Gasteiger partial charge in [-0.2, -0.15) is 11.6 Å². The summed E-state index contributed by atoms with van der Waals surface area (Å²) in [4.78, 5) is 0.